The summed E-state index contributed by atoms with van der Waals surface area (Å²) in [5, 5.41) is 7.67. The molecule has 0 aliphatic heterocycles. The number of benzene rings is 1. The van der Waals surface area contributed by atoms with E-state index in [9.17, 15) is 12.8 Å². The number of anilines is 1. The standard InChI is InChI=1S/C11H13ClFN3O2S/c12-9-3-4-10(11-8(9)7-14-15-11)16-19(17,18)6-2-1-5-13/h3-4,7,16H,1-2,5-6H2,(H,14,15). The molecular formula is C11H13ClFN3O2S. The van der Waals surface area contributed by atoms with Gasteiger partial charge in [-0.05, 0) is 25.0 Å². The summed E-state index contributed by atoms with van der Waals surface area (Å²) in [7, 11) is -3.50. The van der Waals surface area contributed by atoms with E-state index in [2.05, 4.69) is 14.9 Å². The van der Waals surface area contributed by atoms with Gasteiger partial charge >= 0.3 is 0 Å². The third-order valence-corrected chi connectivity index (χ3v) is 4.31. The van der Waals surface area contributed by atoms with Crippen molar-refractivity contribution in [1.82, 2.24) is 10.2 Å². The maximum atomic E-state index is 12.0. The molecule has 0 saturated carbocycles. The quantitative estimate of drug-likeness (QED) is 0.806. The summed E-state index contributed by atoms with van der Waals surface area (Å²) < 4.78 is 38.1. The molecule has 104 valence electrons. The fourth-order valence-electron chi connectivity index (χ4n) is 1.69. The van der Waals surface area contributed by atoms with E-state index in [1.165, 1.54) is 6.20 Å². The number of rotatable bonds is 6. The van der Waals surface area contributed by atoms with Crippen LogP contribution in [-0.2, 0) is 10.0 Å². The molecule has 0 atom stereocenters. The van der Waals surface area contributed by atoms with E-state index in [1.54, 1.807) is 12.1 Å². The minimum Gasteiger partial charge on any atom is -0.281 e. The van der Waals surface area contributed by atoms with Gasteiger partial charge in [0.2, 0.25) is 10.0 Å². The Morgan fingerprint density at radius 2 is 2.16 bits per heavy atom. The molecule has 5 nitrogen and oxygen atoms in total. The summed E-state index contributed by atoms with van der Waals surface area (Å²) in [4.78, 5) is 0. The summed E-state index contributed by atoms with van der Waals surface area (Å²) >= 11 is 5.97. The molecule has 2 rings (SSSR count). The molecule has 0 radical (unpaired) electrons. The second-order valence-electron chi connectivity index (χ2n) is 4.07. The van der Waals surface area contributed by atoms with Crippen molar-refractivity contribution in [1.29, 1.82) is 0 Å². The van der Waals surface area contributed by atoms with Crippen LogP contribution in [0.25, 0.3) is 10.9 Å². The molecule has 0 bridgehead atoms. The van der Waals surface area contributed by atoms with Crippen molar-refractivity contribution in [2.75, 3.05) is 17.1 Å². The number of H-pyrrole nitrogens is 1. The van der Waals surface area contributed by atoms with Gasteiger partial charge in [-0.3, -0.25) is 14.2 Å². The van der Waals surface area contributed by atoms with Crippen LogP contribution in [0.1, 0.15) is 12.8 Å². The lowest BCUT2D eigenvalue weighted by molar-refractivity contribution is 0.468. The lowest BCUT2D eigenvalue weighted by Crippen LogP contribution is -2.17. The van der Waals surface area contributed by atoms with Crippen molar-refractivity contribution >= 4 is 38.2 Å². The highest BCUT2D eigenvalue weighted by Gasteiger charge is 2.14. The third-order valence-electron chi connectivity index (χ3n) is 2.62. The van der Waals surface area contributed by atoms with Gasteiger partial charge in [-0.1, -0.05) is 11.6 Å². The lowest BCUT2D eigenvalue weighted by atomic mass is 10.2. The van der Waals surface area contributed by atoms with Crippen molar-refractivity contribution < 1.29 is 12.8 Å². The summed E-state index contributed by atoms with van der Waals surface area (Å²) in [6.07, 6.45) is 2.05. The third kappa shape index (κ3) is 3.36. The number of unbranched alkanes of at least 4 members (excludes halogenated alkanes) is 1. The Morgan fingerprint density at radius 1 is 1.37 bits per heavy atom. The van der Waals surface area contributed by atoms with Gasteiger partial charge in [0.25, 0.3) is 0 Å². The first-order chi connectivity index (χ1) is 9.03. The molecule has 1 aromatic carbocycles. The van der Waals surface area contributed by atoms with Crippen molar-refractivity contribution in [3.8, 4) is 0 Å². The van der Waals surface area contributed by atoms with Crippen LogP contribution in [0.3, 0.4) is 0 Å². The van der Waals surface area contributed by atoms with E-state index < -0.39 is 16.7 Å². The van der Waals surface area contributed by atoms with Crippen LogP contribution < -0.4 is 4.72 Å². The number of aromatic nitrogens is 2. The molecule has 19 heavy (non-hydrogen) atoms. The number of aromatic amines is 1. The first-order valence-electron chi connectivity index (χ1n) is 5.71. The average Bonchev–Trinajstić information content (AvgIpc) is 2.83. The van der Waals surface area contributed by atoms with Gasteiger partial charge in [0, 0.05) is 5.39 Å². The van der Waals surface area contributed by atoms with Gasteiger partial charge in [0.05, 0.1) is 34.9 Å². The van der Waals surface area contributed by atoms with Crippen LogP contribution in [0.4, 0.5) is 10.1 Å². The van der Waals surface area contributed by atoms with Crippen LogP contribution in [0.5, 0.6) is 0 Å². The number of fused-ring (bicyclic) bond motifs is 1. The highest BCUT2D eigenvalue weighted by Crippen LogP contribution is 2.28. The Kier molecular flexibility index (Phi) is 4.26. The molecule has 2 N–H and O–H groups in total. The number of hydrogen-bond donors (Lipinski definition) is 2. The first-order valence-corrected chi connectivity index (χ1v) is 7.74. The van der Waals surface area contributed by atoms with Gasteiger partial charge in [-0.2, -0.15) is 5.10 Å². The molecular weight excluding hydrogens is 293 g/mol. The molecule has 0 aliphatic rings. The van der Waals surface area contributed by atoms with Gasteiger partial charge in [0.15, 0.2) is 0 Å². The average molecular weight is 306 g/mol. The zero-order valence-corrected chi connectivity index (χ0v) is 11.6. The second kappa shape index (κ2) is 5.75. The molecule has 0 fully saturated rings. The monoisotopic (exact) mass is 305 g/mol. The normalized spacial score (nSPS) is 11.9. The first kappa shape index (κ1) is 14.1. The zero-order chi connectivity index (χ0) is 13.9. The molecule has 1 aromatic heterocycles. The number of halogens is 2. The Balaban J connectivity index is 2.21. The number of nitrogens with one attached hydrogen (secondary N) is 2. The lowest BCUT2D eigenvalue weighted by Gasteiger charge is -2.08. The predicted molar refractivity (Wildman–Crippen MR) is 73.7 cm³/mol. The van der Waals surface area contributed by atoms with E-state index in [0.717, 1.165) is 0 Å². The molecule has 0 amide bonds. The maximum Gasteiger partial charge on any atom is 0.232 e. The van der Waals surface area contributed by atoms with E-state index in [1.807, 2.05) is 0 Å². The van der Waals surface area contributed by atoms with Crippen LogP contribution >= 0.6 is 11.6 Å². The summed E-state index contributed by atoms with van der Waals surface area (Å²) in [5.41, 5.74) is 0.915. The molecule has 8 heteroatoms. The maximum absolute atomic E-state index is 12.0. The topological polar surface area (TPSA) is 74.8 Å². The molecule has 0 saturated heterocycles. The van der Waals surface area contributed by atoms with Gasteiger partial charge in [-0.15, -0.1) is 0 Å². The summed E-state index contributed by atoms with van der Waals surface area (Å²) in [5.74, 6) is -0.116. The SMILES string of the molecule is O=S(=O)(CCCCF)Nc1ccc(Cl)c2cn[nH]c12. The van der Waals surface area contributed by atoms with Gasteiger partial charge in [0.1, 0.15) is 0 Å². The second-order valence-corrected chi connectivity index (χ2v) is 6.32. The van der Waals surface area contributed by atoms with Gasteiger partial charge in [-0.25, -0.2) is 8.42 Å². The number of hydrogen-bond acceptors (Lipinski definition) is 3. The zero-order valence-electron chi connectivity index (χ0n) is 9.99. The fourth-order valence-corrected chi connectivity index (χ4v) is 3.09. The van der Waals surface area contributed by atoms with Crippen LogP contribution in [0.15, 0.2) is 18.3 Å². The molecule has 0 aliphatic carbocycles. The number of nitrogens with zero attached hydrogens (tertiary/aromatic N) is 1. The Labute approximate surface area is 115 Å². The molecule has 0 unspecified atom stereocenters. The smallest absolute Gasteiger partial charge is 0.232 e. The molecule has 1 heterocycles. The highest BCUT2D eigenvalue weighted by molar-refractivity contribution is 7.92. The molecule has 0 spiro atoms. The Morgan fingerprint density at radius 3 is 2.89 bits per heavy atom. The van der Waals surface area contributed by atoms with E-state index in [4.69, 9.17) is 11.6 Å². The number of alkyl halides is 1. The van der Waals surface area contributed by atoms with Gasteiger partial charge < -0.3 is 0 Å². The largest absolute Gasteiger partial charge is 0.281 e. The fraction of sp³-hybridized carbons (Fsp3) is 0.364. The van der Waals surface area contributed by atoms with Crippen LogP contribution in [-0.4, -0.2) is 31.0 Å². The van der Waals surface area contributed by atoms with Crippen molar-refractivity contribution in [3.05, 3.63) is 23.4 Å². The molecule has 2 aromatic rings. The predicted octanol–water partition coefficient (Wildman–Crippen LogP) is 2.71. The van der Waals surface area contributed by atoms with Crippen molar-refractivity contribution in [3.63, 3.8) is 0 Å². The van der Waals surface area contributed by atoms with Crippen LogP contribution in [0.2, 0.25) is 5.02 Å². The van der Waals surface area contributed by atoms with Crippen molar-refractivity contribution in [2.24, 2.45) is 0 Å². The van der Waals surface area contributed by atoms with Crippen molar-refractivity contribution in [2.45, 2.75) is 12.8 Å². The Hall–Kier alpha value is -1.34. The van der Waals surface area contributed by atoms with Crippen LogP contribution in [0, 0.1) is 0 Å². The van der Waals surface area contributed by atoms with E-state index in [0.29, 0.717) is 21.6 Å². The van der Waals surface area contributed by atoms with E-state index >= 15 is 0 Å². The summed E-state index contributed by atoms with van der Waals surface area (Å²) in [6, 6.07) is 3.16. The minimum atomic E-state index is -3.50. The van der Waals surface area contributed by atoms with E-state index in [-0.39, 0.29) is 18.6 Å². The number of sulfonamides is 1. The Bertz CT molecular complexity index is 672. The summed E-state index contributed by atoms with van der Waals surface area (Å²) in [6.45, 7) is -0.513. The highest BCUT2D eigenvalue weighted by atomic mass is 35.5. The minimum absolute atomic E-state index is 0.116.